The van der Waals surface area contributed by atoms with Gasteiger partial charge in [0.15, 0.2) is 15.8 Å². The molecule has 1 saturated carbocycles. The lowest BCUT2D eigenvalue weighted by molar-refractivity contribution is 0.520. The van der Waals surface area contributed by atoms with Gasteiger partial charge in [-0.25, -0.2) is 8.42 Å². The van der Waals surface area contributed by atoms with E-state index in [9.17, 15) is 8.42 Å². The van der Waals surface area contributed by atoms with E-state index in [1.54, 1.807) is 0 Å². The Labute approximate surface area is 110 Å². The summed E-state index contributed by atoms with van der Waals surface area (Å²) in [5.41, 5.74) is 5.77. The van der Waals surface area contributed by atoms with Gasteiger partial charge in [0.05, 0.1) is 11.3 Å². The molecule has 1 fully saturated rings. The summed E-state index contributed by atoms with van der Waals surface area (Å²) in [5, 5.41) is 3.06. The molecule has 0 saturated heterocycles. The molecule has 106 valence electrons. The summed E-state index contributed by atoms with van der Waals surface area (Å²) in [7, 11) is -3.08. The topological polar surface area (TPSA) is 84.5 Å². The predicted molar refractivity (Wildman–Crippen MR) is 75.4 cm³/mol. The third-order valence-corrected chi connectivity index (χ3v) is 5.96. The minimum absolute atomic E-state index is 0.256. The largest absolute Gasteiger partial charge is 0.370 e. The molecule has 0 amide bonds. The van der Waals surface area contributed by atoms with E-state index in [1.165, 1.54) is 6.26 Å². The SMILES string of the molecule is CCC(C)NC(N)=NCC1(S(C)(=O)=O)CCCC1. The summed E-state index contributed by atoms with van der Waals surface area (Å²) in [5.74, 6) is 0.347. The lowest BCUT2D eigenvalue weighted by Crippen LogP contribution is -2.42. The van der Waals surface area contributed by atoms with Crippen molar-refractivity contribution in [1.82, 2.24) is 5.32 Å². The number of sulfone groups is 1. The Morgan fingerprint density at radius 3 is 2.44 bits per heavy atom. The van der Waals surface area contributed by atoms with E-state index in [0.717, 1.165) is 19.3 Å². The van der Waals surface area contributed by atoms with Crippen LogP contribution in [0.2, 0.25) is 0 Å². The summed E-state index contributed by atoms with van der Waals surface area (Å²) < 4.78 is 23.1. The second kappa shape index (κ2) is 5.91. The Bertz CT molecular complexity index is 398. The molecule has 1 rings (SSSR count). The number of hydrogen-bond donors (Lipinski definition) is 2. The highest BCUT2D eigenvalue weighted by Crippen LogP contribution is 2.36. The van der Waals surface area contributed by atoms with Crippen LogP contribution >= 0.6 is 0 Å². The molecule has 0 aromatic rings. The quantitative estimate of drug-likeness (QED) is 0.580. The fourth-order valence-corrected chi connectivity index (χ4v) is 3.62. The van der Waals surface area contributed by atoms with Crippen LogP contribution in [0.4, 0.5) is 0 Å². The van der Waals surface area contributed by atoms with E-state index in [-0.39, 0.29) is 12.6 Å². The Hall–Kier alpha value is -0.780. The number of nitrogens with zero attached hydrogens (tertiary/aromatic N) is 1. The van der Waals surface area contributed by atoms with E-state index in [4.69, 9.17) is 5.73 Å². The number of nitrogens with one attached hydrogen (secondary N) is 1. The fourth-order valence-electron chi connectivity index (χ4n) is 2.29. The molecule has 0 heterocycles. The van der Waals surface area contributed by atoms with Crippen molar-refractivity contribution >= 4 is 15.8 Å². The van der Waals surface area contributed by atoms with Gasteiger partial charge in [-0.05, 0) is 26.2 Å². The van der Waals surface area contributed by atoms with Crippen LogP contribution in [0.5, 0.6) is 0 Å². The van der Waals surface area contributed by atoms with Gasteiger partial charge in [0.1, 0.15) is 0 Å². The van der Waals surface area contributed by atoms with Crippen LogP contribution in [0.1, 0.15) is 46.0 Å². The second-order valence-electron chi connectivity index (χ2n) is 5.32. The van der Waals surface area contributed by atoms with Gasteiger partial charge in [-0.1, -0.05) is 19.8 Å². The summed E-state index contributed by atoms with van der Waals surface area (Å²) >= 11 is 0. The van der Waals surface area contributed by atoms with Crippen molar-refractivity contribution in [3.8, 4) is 0 Å². The molecule has 1 unspecified atom stereocenters. The number of rotatable bonds is 5. The number of nitrogens with two attached hydrogens (primary N) is 1. The van der Waals surface area contributed by atoms with Crippen molar-refractivity contribution in [2.24, 2.45) is 10.7 Å². The third-order valence-electron chi connectivity index (χ3n) is 3.85. The third kappa shape index (κ3) is 3.60. The molecule has 0 spiro atoms. The summed E-state index contributed by atoms with van der Waals surface area (Å²) in [6.07, 6.45) is 5.58. The zero-order valence-corrected chi connectivity index (χ0v) is 12.4. The van der Waals surface area contributed by atoms with Crippen LogP contribution in [-0.4, -0.2) is 38.0 Å². The number of hydrogen-bond acceptors (Lipinski definition) is 3. The number of aliphatic imine (C=N–C) groups is 1. The van der Waals surface area contributed by atoms with Gasteiger partial charge < -0.3 is 11.1 Å². The maximum atomic E-state index is 11.9. The summed E-state index contributed by atoms with van der Waals surface area (Å²) in [6, 6.07) is 0.256. The molecule has 0 radical (unpaired) electrons. The molecular weight excluding hydrogens is 250 g/mol. The summed E-state index contributed by atoms with van der Waals surface area (Å²) in [4.78, 5) is 4.24. The van der Waals surface area contributed by atoms with Crippen LogP contribution < -0.4 is 11.1 Å². The fraction of sp³-hybridized carbons (Fsp3) is 0.917. The average molecular weight is 275 g/mol. The molecule has 6 heteroatoms. The first-order valence-corrected chi connectivity index (χ1v) is 8.46. The van der Waals surface area contributed by atoms with Crippen molar-refractivity contribution < 1.29 is 8.42 Å². The maximum absolute atomic E-state index is 11.9. The molecule has 1 aliphatic rings. The molecule has 0 aromatic carbocycles. The molecule has 0 aliphatic heterocycles. The highest BCUT2D eigenvalue weighted by Gasteiger charge is 2.43. The highest BCUT2D eigenvalue weighted by molar-refractivity contribution is 7.92. The first-order chi connectivity index (χ1) is 8.31. The maximum Gasteiger partial charge on any atom is 0.188 e. The Morgan fingerprint density at radius 1 is 1.44 bits per heavy atom. The average Bonchev–Trinajstić information content (AvgIpc) is 2.75. The highest BCUT2D eigenvalue weighted by atomic mass is 32.2. The monoisotopic (exact) mass is 275 g/mol. The number of guanidine groups is 1. The lowest BCUT2D eigenvalue weighted by atomic mass is 10.1. The van der Waals surface area contributed by atoms with Crippen LogP contribution in [0.15, 0.2) is 4.99 Å². The van der Waals surface area contributed by atoms with E-state index < -0.39 is 14.6 Å². The van der Waals surface area contributed by atoms with Gasteiger partial charge in [-0.2, -0.15) is 0 Å². The van der Waals surface area contributed by atoms with Gasteiger partial charge in [0, 0.05) is 12.3 Å². The predicted octanol–water partition coefficient (Wildman–Crippen LogP) is 1.05. The lowest BCUT2D eigenvalue weighted by Gasteiger charge is -2.25. The van der Waals surface area contributed by atoms with E-state index >= 15 is 0 Å². The summed E-state index contributed by atoms with van der Waals surface area (Å²) in [6.45, 7) is 4.35. The molecule has 0 bridgehead atoms. The molecule has 0 aromatic heterocycles. The van der Waals surface area contributed by atoms with Crippen LogP contribution in [0.25, 0.3) is 0 Å². The standard InChI is InChI=1S/C12H25N3O2S/c1-4-10(2)15-11(13)14-9-12(18(3,16)17)7-5-6-8-12/h10H,4-9H2,1-3H3,(H3,13,14,15). The van der Waals surface area contributed by atoms with Gasteiger partial charge in [0.25, 0.3) is 0 Å². The zero-order valence-electron chi connectivity index (χ0n) is 11.6. The Balaban J connectivity index is 2.72. The van der Waals surface area contributed by atoms with Gasteiger partial charge >= 0.3 is 0 Å². The van der Waals surface area contributed by atoms with E-state index in [1.807, 2.05) is 6.92 Å². The van der Waals surface area contributed by atoms with E-state index in [0.29, 0.717) is 18.8 Å². The van der Waals surface area contributed by atoms with Crippen LogP contribution in [0.3, 0.4) is 0 Å². The minimum Gasteiger partial charge on any atom is -0.370 e. The van der Waals surface area contributed by atoms with Gasteiger partial charge in [-0.3, -0.25) is 4.99 Å². The van der Waals surface area contributed by atoms with Crippen LogP contribution in [-0.2, 0) is 9.84 Å². The smallest absolute Gasteiger partial charge is 0.188 e. The van der Waals surface area contributed by atoms with E-state index in [2.05, 4.69) is 17.2 Å². The Kier molecular flexibility index (Phi) is 5.01. The molecule has 18 heavy (non-hydrogen) atoms. The van der Waals surface area contributed by atoms with Crippen molar-refractivity contribution in [3.05, 3.63) is 0 Å². The van der Waals surface area contributed by atoms with Crippen molar-refractivity contribution in [2.75, 3.05) is 12.8 Å². The van der Waals surface area contributed by atoms with Crippen LogP contribution in [0, 0.1) is 0 Å². The first-order valence-electron chi connectivity index (χ1n) is 6.57. The minimum atomic E-state index is -3.08. The normalized spacial score (nSPS) is 21.8. The second-order valence-corrected chi connectivity index (χ2v) is 7.73. The molecule has 3 N–H and O–H groups in total. The zero-order chi connectivity index (χ0) is 13.8. The van der Waals surface area contributed by atoms with Gasteiger partial charge in [-0.15, -0.1) is 0 Å². The molecule has 1 aliphatic carbocycles. The van der Waals surface area contributed by atoms with Gasteiger partial charge in [0.2, 0.25) is 0 Å². The molecule has 5 nitrogen and oxygen atoms in total. The molecular formula is C12H25N3O2S. The van der Waals surface area contributed by atoms with Crippen molar-refractivity contribution in [1.29, 1.82) is 0 Å². The van der Waals surface area contributed by atoms with Crippen molar-refractivity contribution in [3.63, 3.8) is 0 Å². The Morgan fingerprint density at radius 2 is 2.00 bits per heavy atom. The first kappa shape index (κ1) is 15.3. The molecule has 1 atom stereocenters. The van der Waals surface area contributed by atoms with Crippen molar-refractivity contribution in [2.45, 2.75) is 56.7 Å².